The van der Waals surface area contributed by atoms with E-state index in [0.29, 0.717) is 19.4 Å². The van der Waals surface area contributed by atoms with Crippen LogP contribution in [0.15, 0.2) is 30.3 Å². The minimum atomic E-state index is -0.213. The van der Waals surface area contributed by atoms with Gasteiger partial charge in [0.25, 0.3) is 0 Å². The zero-order valence-electron chi connectivity index (χ0n) is 11.2. The number of ether oxygens (including phenoxy) is 2. The summed E-state index contributed by atoms with van der Waals surface area (Å²) in [6.07, 6.45) is 1.00. The Bertz CT molecular complexity index is 581. The van der Waals surface area contributed by atoms with Crippen LogP contribution in [-0.4, -0.2) is 24.7 Å². The van der Waals surface area contributed by atoms with Crippen LogP contribution in [0.5, 0.6) is 5.75 Å². The lowest BCUT2D eigenvalue weighted by atomic mass is 10.2. The van der Waals surface area contributed by atoms with E-state index in [-0.39, 0.29) is 5.97 Å². The molecule has 0 unspecified atom stereocenters. The lowest BCUT2D eigenvalue weighted by Crippen LogP contribution is -2.05. The second-order valence-electron chi connectivity index (χ2n) is 4.31. The number of hydrogen-bond acceptors (Lipinski definition) is 4. The second kappa shape index (κ2) is 6.18. The minimum Gasteiger partial charge on any atom is -0.491 e. The topological polar surface area (TPSA) is 48.4 Å². The number of rotatable bonds is 5. The molecule has 0 saturated carbocycles. The first-order chi connectivity index (χ1) is 9.20. The molecule has 0 atom stereocenters. The van der Waals surface area contributed by atoms with Crippen molar-refractivity contribution in [2.24, 2.45) is 0 Å². The number of esters is 1. The molecule has 100 valence electrons. The van der Waals surface area contributed by atoms with E-state index in [1.54, 1.807) is 0 Å². The third-order valence-corrected chi connectivity index (χ3v) is 2.83. The molecule has 0 spiro atoms. The van der Waals surface area contributed by atoms with E-state index >= 15 is 0 Å². The Morgan fingerprint density at radius 3 is 2.89 bits per heavy atom. The number of aryl methyl sites for hydroxylation is 1. The highest BCUT2D eigenvalue weighted by atomic mass is 16.5. The van der Waals surface area contributed by atoms with Gasteiger partial charge in [-0.3, -0.25) is 4.79 Å². The fraction of sp³-hybridized carbons (Fsp3) is 0.333. The maximum absolute atomic E-state index is 11.0. The molecule has 0 amide bonds. The average molecular weight is 259 g/mol. The van der Waals surface area contributed by atoms with Gasteiger partial charge in [0.15, 0.2) is 0 Å². The van der Waals surface area contributed by atoms with Crippen molar-refractivity contribution in [2.45, 2.75) is 19.8 Å². The van der Waals surface area contributed by atoms with E-state index in [9.17, 15) is 4.79 Å². The number of benzene rings is 1. The number of para-hydroxylation sites is 1. The Morgan fingerprint density at radius 1 is 1.26 bits per heavy atom. The van der Waals surface area contributed by atoms with Gasteiger partial charge in [0.05, 0.1) is 13.7 Å². The summed E-state index contributed by atoms with van der Waals surface area (Å²) in [7, 11) is 1.39. The Kier molecular flexibility index (Phi) is 4.34. The predicted molar refractivity (Wildman–Crippen MR) is 73.2 cm³/mol. The molecule has 19 heavy (non-hydrogen) atoms. The fourth-order valence-electron chi connectivity index (χ4n) is 1.83. The number of aromatic nitrogens is 1. The van der Waals surface area contributed by atoms with Gasteiger partial charge in [-0.1, -0.05) is 18.2 Å². The first kappa shape index (κ1) is 13.3. The molecular formula is C15H17NO3. The normalized spacial score (nSPS) is 10.4. The highest BCUT2D eigenvalue weighted by Crippen LogP contribution is 2.24. The van der Waals surface area contributed by atoms with E-state index in [1.165, 1.54) is 7.11 Å². The zero-order chi connectivity index (χ0) is 13.7. The molecule has 4 nitrogen and oxygen atoms in total. The predicted octanol–water partition coefficient (Wildman–Crippen LogP) is 2.88. The Balaban J connectivity index is 2.04. The van der Waals surface area contributed by atoms with Crippen LogP contribution in [0.4, 0.5) is 0 Å². The van der Waals surface area contributed by atoms with Gasteiger partial charge in [-0.2, -0.15) is 0 Å². The molecule has 1 aromatic carbocycles. The number of carbonyl (C=O) groups excluding carboxylic acids is 1. The molecule has 0 fully saturated rings. The zero-order valence-corrected chi connectivity index (χ0v) is 11.2. The third kappa shape index (κ3) is 3.44. The van der Waals surface area contributed by atoms with Crippen LogP contribution in [0.25, 0.3) is 10.9 Å². The standard InChI is InChI=1S/C15H17NO3/c1-11-8-9-12-5-3-6-13(15(12)16-11)19-10-4-7-14(17)18-2/h3,5-6,8-9H,4,7,10H2,1-2H3. The van der Waals surface area contributed by atoms with Gasteiger partial charge in [-0.05, 0) is 25.5 Å². The summed E-state index contributed by atoms with van der Waals surface area (Å²) in [6.45, 7) is 2.43. The molecule has 0 aliphatic heterocycles. The third-order valence-electron chi connectivity index (χ3n) is 2.83. The fourth-order valence-corrected chi connectivity index (χ4v) is 1.83. The number of fused-ring (bicyclic) bond motifs is 1. The molecule has 0 radical (unpaired) electrons. The van der Waals surface area contributed by atoms with Gasteiger partial charge in [0.2, 0.25) is 0 Å². The van der Waals surface area contributed by atoms with Gasteiger partial charge in [-0.15, -0.1) is 0 Å². The SMILES string of the molecule is COC(=O)CCCOc1cccc2ccc(C)nc12. The van der Waals surface area contributed by atoms with Crippen LogP contribution >= 0.6 is 0 Å². The molecule has 0 aliphatic rings. The number of nitrogens with zero attached hydrogens (tertiary/aromatic N) is 1. The summed E-state index contributed by atoms with van der Waals surface area (Å²) in [5.41, 5.74) is 1.82. The quantitative estimate of drug-likeness (QED) is 0.612. The van der Waals surface area contributed by atoms with Crippen molar-refractivity contribution in [1.82, 2.24) is 4.98 Å². The van der Waals surface area contributed by atoms with Gasteiger partial charge < -0.3 is 9.47 Å². The molecule has 2 aromatic rings. The lowest BCUT2D eigenvalue weighted by molar-refractivity contribution is -0.140. The van der Waals surface area contributed by atoms with E-state index in [0.717, 1.165) is 22.3 Å². The van der Waals surface area contributed by atoms with Gasteiger partial charge in [-0.25, -0.2) is 4.98 Å². The molecule has 1 heterocycles. The minimum absolute atomic E-state index is 0.213. The van der Waals surface area contributed by atoms with Crippen molar-refractivity contribution in [1.29, 1.82) is 0 Å². The van der Waals surface area contributed by atoms with E-state index in [1.807, 2.05) is 37.3 Å². The number of carbonyl (C=O) groups is 1. The van der Waals surface area contributed by atoms with Crippen molar-refractivity contribution in [3.63, 3.8) is 0 Å². The first-order valence-electron chi connectivity index (χ1n) is 6.26. The number of pyridine rings is 1. The van der Waals surface area contributed by atoms with Crippen molar-refractivity contribution in [2.75, 3.05) is 13.7 Å². The second-order valence-corrected chi connectivity index (χ2v) is 4.31. The average Bonchev–Trinajstić information content (AvgIpc) is 2.43. The van der Waals surface area contributed by atoms with Crippen LogP contribution in [-0.2, 0) is 9.53 Å². The van der Waals surface area contributed by atoms with Crippen LogP contribution in [0.1, 0.15) is 18.5 Å². The highest BCUT2D eigenvalue weighted by Gasteiger charge is 2.05. The first-order valence-corrected chi connectivity index (χ1v) is 6.26. The van der Waals surface area contributed by atoms with Gasteiger partial charge in [0, 0.05) is 17.5 Å². The van der Waals surface area contributed by atoms with Crippen molar-refractivity contribution < 1.29 is 14.3 Å². The Hall–Kier alpha value is -2.10. The monoisotopic (exact) mass is 259 g/mol. The number of hydrogen-bond donors (Lipinski definition) is 0. The molecule has 4 heteroatoms. The maximum atomic E-state index is 11.0. The smallest absolute Gasteiger partial charge is 0.305 e. The van der Waals surface area contributed by atoms with Crippen molar-refractivity contribution in [3.8, 4) is 5.75 Å². The Labute approximate surface area is 112 Å². The maximum Gasteiger partial charge on any atom is 0.305 e. The molecule has 0 N–H and O–H groups in total. The molecular weight excluding hydrogens is 242 g/mol. The highest BCUT2D eigenvalue weighted by molar-refractivity contribution is 5.84. The lowest BCUT2D eigenvalue weighted by Gasteiger charge is -2.08. The Morgan fingerprint density at radius 2 is 2.11 bits per heavy atom. The van der Waals surface area contributed by atoms with E-state index in [4.69, 9.17) is 4.74 Å². The summed E-state index contributed by atoms with van der Waals surface area (Å²) in [6, 6.07) is 9.84. The number of methoxy groups -OCH3 is 1. The van der Waals surface area contributed by atoms with E-state index in [2.05, 4.69) is 9.72 Å². The van der Waals surface area contributed by atoms with Crippen LogP contribution < -0.4 is 4.74 Å². The van der Waals surface area contributed by atoms with E-state index < -0.39 is 0 Å². The summed E-state index contributed by atoms with van der Waals surface area (Å²) in [4.78, 5) is 15.5. The van der Waals surface area contributed by atoms with Crippen LogP contribution in [0, 0.1) is 6.92 Å². The molecule has 0 aliphatic carbocycles. The molecule has 2 rings (SSSR count). The van der Waals surface area contributed by atoms with Crippen molar-refractivity contribution in [3.05, 3.63) is 36.0 Å². The largest absolute Gasteiger partial charge is 0.491 e. The van der Waals surface area contributed by atoms with Crippen LogP contribution in [0.3, 0.4) is 0 Å². The summed E-state index contributed by atoms with van der Waals surface area (Å²) in [5, 5.41) is 1.05. The molecule has 0 bridgehead atoms. The van der Waals surface area contributed by atoms with Gasteiger partial charge >= 0.3 is 5.97 Å². The molecule has 1 aromatic heterocycles. The summed E-state index contributed by atoms with van der Waals surface area (Å²) < 4.78 is 10.3. The van der Waals surface area contributed by atoms with Crippen LogP contribution in [0.2, 0.25) is 0 Å². The molecule has 0 saturated heterocycles. The summed E-state index contributed by atoms with van der Waals surface area (Å²) >= 11 is 0. The van der Waals surface area contributed by atoms with Gasteiger partial charge in [0.1, 0.15) is 11.3 Å². The van der Waals surface area contributed by atoms with Crippen molar-refractivity contribution >= 4 is 16.9 Å². The summed E-state index contributed by atoms with van der Waals surface area (Å²) in [5.74, 6) is 0.543.